The number of esters is 1. The van der Waals surface area contributed by atoms with Gasteiger partial charge in [0.25, 0.3) is 0 Å². The van der Waals surface area contributed by atoms with E-state index in [9.17, 15) is 14.4 Å². The van der Waals surface area contributed by atoms with Crippen LogP contribution in [0.1, 0.15) is 46.0 Å². The Hall–Kier alpha value is -0.0623. The fraction of sp³-hybridized carbons (Fsp3) is 0.792. The zero-order valence-corrected chi connectivity index (χ0v) is 27.5. The van der Waals surface area contributed by atoms with Gasteiger partial charge in [-0.25, -0.2) is 9.59 Å². The standard InChI is InChI=1S/C14H27NO6Si.C10H23Si.Y/c1-12(2)13(16)20-8-6-15-14(17)21-10-9-19-7-5-11-22(3,4)18;1-5-7-9-11(3,4)10-8-6-2;/h18H,1,5-11H2,2-4H3,(H,15,17);1,5-10H2,2-4H3;/q;-1;. The maximum Gasteiger partial charge on any atom is 0.407 e. The van der Waals surface area contributed by atoms with E-state index in [1.165, 1.54) is 31.4 Å². The molecule has 0 aliphatic carbocycles. The van der Waals surface area contributed by atoms with E-state index < -0.39 is 28.5 Å². The molecule has 2 N–H and O–H groups in total. The molecule has 0 aromatic carbocycles. The summed E-state index contributed by atoms with van der Waals surface area (Å²) in [5.41, 5.74) is 0.312. The van der Waals surface area contributed by atoms with Gasteiger partial charge in [-0.1, -0.05) is 57.9 Å². The number of nitrogens with one attached hydrogen (secondary N) is 1. The van der Waals surface area contributed by atoms with Crippen molar-refractivity contribution in [2.75, 3.05) is 33.0 Å². The van der Waals surface area contributed by atoms with Crippen molar-refractivity contribution >= 4 is 28.5 Å². The van der Waals surface area contributed by atoms with Gasteiger partial charge in [-0.05, 0) is 32.5 Å². The van der Waals surface area contributed by atoms with Crippen LogP contribution in [0.2, 0.25) is 44.3 Å². The molecule has 0 spiro atoms. The number of unbranched alkanes of at least 4 members (excludes halogenated alkanes) is 2. The van der Waals surface area contributed by atoms with Gasteiger partial charge in [-0.15, -0.1) is 0 Å². The van der Waals surface area contributed by atoms with Gasteiger partial charge in [0.1, 0.15) is 13.2 Å². The van der Waals surface area contributed by atoms with Crippen molar-refractivity contribution in [3.05, 3.63) is 19.1 Å². The third-order valence-electron chi connectivity index (χ3n) is 4.80. The molecule has 0 unspecified atom stereocenters. The number of alkyl carbamates (subject to hydrolysis) is 1. The zero-order chi connectivity index (χ0) is 25.8. The first-order chi connectivity index (χ1) is 15.3. The fourth-order valence-corrected chi connectivity index (χ4v) is 6.53. The average Bonchev–Trinajstić information content (AvgIpc) is 2.72. The van der Waals surface area contributed by atoms with Crippen LogP contribution in [0.25, 0.3) is 0 Å². The summed E-state index contributed by atoms with van der Waals surface area (Å²) in [7, 11) is -2.78. The van der Waals surface area contributed by atoms with Crippen molar-refractivity contribution in [2.45, 2.75) is 90.3 Å². The summed E-state index contributed by atoms with van der Waals surface area (Å²) in [6, 6.07) is 3.79. The van der Waals surface area contributed by atoms with Crippen LogP contribution in [0.5, 0.6) is 0 Å². The topological polar surface area (TPSA) is 94.1 Å². The summed E-state index contributed by atoms with van der Waals surface area (Å²) in [6.07, 6.45) is 5.50. The molecule has 0 aliphatic rings. The van der Waals surface area contributed by atoms with Crippen molar-refractivity contribution in [1.29, 1.82) is 0 Å². The first kappa shape index (κ1) is 38.5. The smallest absolute Gasteiger partial charge is 0.407 e. The molecule has 1 radical (unpaired) electrons. The SMILES string of the molecule is C=C(C)C(=O)OCCNC(=O)OCCOCCC[Si](C)(C)O.[CH2-]CCC[Si](C)(C)CCCC.[Y]. The van der Waals surface area contributed by atoms with Gasteiger partial charge in [-0.3, -0.25) is 0 Å². The Morgan fingerprint density at radius 2 is 1.56 bits per heavy atom. The minimum absolute atomic E-state index is 0. The number of ether oxygens (including phenoxy) is 3. The molecule has 0 saturated carbocycles. The Bertz CT molecular complexity index is 532. The van der Waals surface area contributed by atoms with Crippen molar-refractivity contribution in [3.63, 3.8) is 0 Å². The molecule has 34 heavy (non-hydrogen) atoms. The van der Waals surface area contributed by atoms with E-state index in [-0.39, 0.29) is 52.5 Å². The van der Waals surface area contributed by atoms with Crippen molar-refractivity contribution in [3.8, 4) is 0 Å². The van der Waals surface area contributed by atoms with Crippen LogP contribution in [0, 0.1) is 6.92 Å². The molecule has 0 aromatic rings. The average molecular weight is 594 g/mol. The maximum atomic E-state index is 11.3. The molecule has 0 bridgehead atoms. The van der Waals surface area contributed by atoms with Crippen LogP contribution < -0.4 is 5.32 Å². The number of hydrogen-bond acceptors (Lipinski definition) is 6. The van der Waals surface area contributed by atoms with Crippen LogP contribution in [0.15, 0.2) is 12.2 Å². The van der Waals surface area contributed by atoms with E-state index in [0.29, 0.717) is 18.8 Å². The molecule has 0 heterocycles. The van der Waals surface area contributed by atoms with Gasteiger partial charge in [0.2, 0.25) is 0 Å². The molecule has 0 aromatic heterocycles. The summed E-state index contributed by atoms with van der Waals surface area (Å²) in [5, 5.41) is 2.45. The monoisotopic (exact) mass is 593 g/mol. The first-order valence-corrected chi connectivity index (χ1v) is 18.7. The third-order valence-corrected chi connectivity index (χ3v) is 9.79. The molecule has 0 aliphatic heterocycles. The second-order valence-electron chi connectivity index (χ2n) is 9.73. The number of amides is 1. The molecule has 10 heteroatoms. The van der Waals surface area contributed by atoms with Crippen LogP contribution >= 0.6 is 0 Å². The van der Waals surface area contributed by atoms with Gasteiger partial charge < -0.3 is 31.2 Å². The predicted octanol–water partition coefficient (Wildman–Crippen LogP) is 5.54. The Balaban J connectivity index is -0.000000677. The van der Waals surface area contributed by atoms with E-state index in [1.54, 1.807) is 6.92 Å². The van der Waals surface area contributed by atoms with E-state index in [2.05, 4.69) is 38.8 Å². The van der Waals surface area contributed by atoms with E-state index in [4.69, 9.17) is 14.2 Å². The second kappa shape index (κ2) is 23.3. The van der Waals surface area contributed by atoms with Gasteiger partial charge in [0.15, 0.2) is 8.32 Å². The fourth-order valence-electron chi connectivity index (χ4n) is 2.76. The Morgan fingerprint density at radius 1 is 0.941 bits per heavy atom. The Labute approximate surface area is 236 Å². The summed E-state index contributed by atoms with van der Waals surface area (Å²) in [6.45, 7) is 21.2. The first-order valence-electron chi connectivity index (χ1n) is 12.2. The second-order valence-corrected chi connectivity index (χ2v) is 19.2. The molecule has 199 valence electrons. The molecular weight excluding hydrogens is 543 g/mol. The molecular formula is C24H50NO6Si2Y-. The third kappa shape index (κ3) is 30.0. The number of carbonyl (C=O) groups is 2. The Morgan fingerprint density at radius 3 is 2.09 bits per heavy atom. The number of carbonyl (C=O) groups excluding carboxylic acids is 2. The summed E-state index contributed by atoms with van der Waals surface area (Å²) < 4.78 is 15.0. The largest absolute Gasteiger partial charge is 0.460 e. The quantitative estimate of drug-likeness (QED) is 0.0756. The van der Waals surface area contributed by atoms with Crippen molar-refractivity contribution in [2.24, 2.45) is 0 Å². The molecule has 0 rings (SSSR count). The van der Waals surface area contributed by atoms with Crippen molar-refractivity contribution < 1.29 is 61.3 Å². The van der Waals surface area contributed by atoms with E-state index >= 15 is 0 Å². The number of rotatable bonds is 17. The summed E-state index contributed by atoms with van der Waals surface area (Å²) in [4.78, 5) is 31.9. The molecule has 0 atom stereocenters. The van der Waals surface area contributed by atoms with Crippen molar-refractivity contribution in [1.82, 2.24) is 5.32 Å². The van der Waals surface area contributed by atoms with E-state index in [0.717, 1.165) is 18.9 Å². The van der Waals surface area contributed by atoms with Gasteiger partial charge >= 0.3 is 12.1 Å². The van der Waals surface area contributed by atoms with Crippen LogP contribution in [-0.2, 0) is 51.7 Å². The molecule has 7 nitrogen and oxygen atoms in total. The van der Waals surface area contributed by atoms with Crippen LogP contribution in [-0.4, -0.2) is 66.2 Å². The minimum atomic E-state index is -1.99. The predicted molar refractivity (Wildman–Crippen MR) is 142 cm³/mol. The van der Waals surface area contributed by atoms with Gasteiger partial charge in [0, 0.05) is 53.0 Å². The van der Waals surface area contributed by atoms with E-state index in [1.807, 2.05) is 13.1 Å². The molecule has 0 saturated heterocycles. The summed E-state index contributed by atoms with van der Waals surface area (Å²) >= 11 is 0. The minimum Gasteiger partial charge on any atom is -0.460 e. The van der Waals surface area contributed by atoms with Crippen LogP contribution in [0.4, 0.5) is 4.79 Å². The zero-order valence-electron chi connectivity index (χ0n) is 22.7. The van der Waals surface area contributed by atoms with Crippen LogP contribution in [0.3, 0.4) is 0 Å². The normalized spacial score (nSPS) is 10.9. The number of hydrogen-bond donors (Lipinski definition) is 2. The van der Waals surface area contributed by atoms with Gasteiger partial charge in [-0.2, -0.15) is 6.42 Å². The van der Waals surface area contributed by atoms with Gasteiger partial charge in [0.05, 0.1) is 13.2 Å². The maximum absolute atomic E-state index is 11.3. The molecule has 0 fully saturated rings. The Kier molecular flexibility index (Phi) is 26.4. The summed E-state index contributed by atoms with van der Waals surface area (Å²) in [5.74, 6) is -0.488. The molecule has 1 amide bonds.